The van der Waals surface area contributed by atoms with Crippen LogP contribution in [-0.4, -0.2) is 9.04 Å². The van der Waals surface area contributed by atoms with Crippen molar-refractivity contribution in [1.29, 1.82) is 0 Å². The maximum absolute atomic E-state index is 4.73. The van der Waals surface area contributed by atoms with E-state index in [1.54, 1.807) is 0 Å². The SMILES string of the molecule is CCC(C)(C)C.C[SiH](C)ON.c1ccccc1. The second kappa shape index (κ2) is 11.8. The van der Waals surface area contributed by atoms with E-state index in [4.69, 9.17) is 5.90 Å². The van der Waals surface area contributed by atoms with Crippen molar-refractivity contribution < 1.29 is 4.53 Å². The lowest BCUT2D eigenvalue weighted by Gasteiger charge is -2.12. The standard InChI is InChI=1S/C6H6.C6H14.C2H9NOSi/c1-2-4-6-5-3-1;1-5-6(2,3)4;1-5(2)4-3/h1-6H;5H2,1-4H3;5H,3H2,1-2H3. The summed E-state index contributed by atoms with van der Waals surface area (Å²) in [4.78, 5) is 0. The van der Waals surface area contributed by atoms with E-state index in [0.717, 1.165) is 0 Å². The van der Waals surface area contributed by atoms with Crippen molar-refractivity contribution in [2.45, 2.75) is 47.2 Å². The Bertz CT molecular complexity index is 205. The van der Waals surface area contributed by atoms with Crippen molar-refractivity contribution in [2.24, 2.45) is 11.3 Å². The molecule has 0 aliphatic carbocycles. The molecule has 1 aromatic carbocycles. The zero-order chi connectivity index (χ0) is 13.7. The fourth-order valence-electron chi connectivity index (χ4n) is 0.385. The van der Waals surface area contributed by atoms with Gasteiger partial charge in [0.05, 0.1) is 0 Å². The Labute approximate surface area is 109 Å². The third kappa shape index (κ3) is 25.5. The highest BCUT2D eigenvalue weighted by molar-refractivity contribution is 6.48. The number of nitrogens with two attached hydrogens (primary N) is 1. The molecular formula is C14H29NOSi. The van der Waals surface area contributed by atoms with E-state index < -0.39 is 9.04 Å². The van der Waals surface area contributed by atoms with Gasteiger partial charge in [0, 0.05) is 0 Å². The molecule has 3 heteroatoms. The molecule has 0 amide bonds. The van der Waals surface area contributed by atoms with Gasteiger partial charge < -0.3 is 4.53 Å². The van der Waals surface area contributed by atoms with Crippen molar-refractivity contribution in [3.05, 3.63) is 36.4 Å². The minimum absolute atomic E-state index is 0.542. The first-order valence-corrected chi connectivity index (χ1v) is 8.97. The summed E-state index contributed by atoms with van der Waals surface area (Å²) in [5.41, 5.74) is 0.542. The second-order valence-corrected chi connectivity index (χ2v) is 7.62. The van der Waals surface area contributed by atoms with Crippen LogP contribution in [0.15, 0.2) is 36.4 Å². The summed E-state index contributed by atoms with van der Waals surface area (Å²) >= 11 is 0. The topological polar surface area (TPSA) is 35.2 Å². The maximum Gasteiger partial charge on any atom is 0.199 e. The molecule has 0 radical (unpaired) electrons. The molecule has 17 heavy (non-hydrogen) atoms. The van der Waals surface area contributed by atoms with Crippen molar-refractivity contribution in [3.63, 3.8) is 0 Å². The molecule has 0 heterocycles. The van der Waals surface area contributed by atoms with Crippen molar-refractivity contribution in [2.75, 3.05) is 0 Å². The molecular weight excluding hydrogens is 226 g/mol. The van der Waals surface area contributed by atoms with E-state index in [2.05, 4.69) is 32.2 Å². The summed E-state index contributed by atoms with van der Waals surface area (Å²) in [6, 6.07) is 12.0. The minimum Gasteiger partial charge on any atom is -0.352 e. The summed E-state index contributed by atoms with van der Waals surface area (Å²) in [6.45, 7) is 13.0. The van der Waals surface area contributed by atoms with Crippen LogP contribution in [0.2, 0.25) is 13.1 Å². The predicted octanol–water partition coefficient (Wildman–Crippen LogP) is 3.99. The monoisotopic (exact) mass is 255 g/mol. The summed E-state index contributed by atoms with van der Waals surface area (Å²) < 4.78 is 4.39. The normalized spacial score (nSPS) is 9.88. The summed E-state index contributed by atoms with van der Waals surface area (Å²) in [6.07, 6.45) is 1.27. The minimum atomic E-state index is -0.872. The number of hydrogen-bond acceptors (Lipinski definition) is 2. The van der Waals surface area contributed by atoms with Gasteiger partial charge in [-0.2, -0.15) is 0 Å². The third-order valence-corrected chi connectivity index (χ3v) is 2.54. The van der Waals surface area contributed by atoms with E-state index in [1.807, 2.05) is 49.5 Å². The highest BCUT2D eigenvalue weighted by atomic mass is 28.3. The molecule has 0 atom stereocenters. The van der Waals surface area contributed by atoms with Gasteiger partial charge in [0.2, 0.25) is 0 Å². The molecule has 2 nitrogen and oxygen atoms in total. The Kier molecular flexibility index (Phi) is 13.0. The van der Waals surface area contributed by atoms with Gasteiger partial charge in [-0.15, -0.1) is 0 Å². The average Bonchev–Trinajstić information content (AvgIpc) is 2.32. The quantitative estimate of drug-likeness (QED) is 0.608. The predicted molar refractivity (Wildman–Crippen MR) is 80.3 cm³/mol. The lowest BCUT2D eigenvalue weighted by molar-refractivity contribution is 0.345. The van der Waals surface area contributed by atoms with Crippen molar-refractivity contribution >= 4 is 9.04 Å². The molecule has 100 valence electrons. The van der Waals surface area contributed by atoms with Gasteiger partial charge in [-0.05, 0) is 18.5 Å². The first-order chi connectivity index (χ1) is 7.83. The lowest BCUT2D eigenvalue weighted by Crippen LogP contribution is -2.12. The zero-order valence-electron chi connectivity index (χ0n) is 12.2. The number of benzene rings is 1. The van der Waals surface area contributed by atoms with Crippen molar-refractivity contribution in [1.82, 2.24) is 0 Å². The first-order valence-electron chi connectivity index (χ1n) is 6.19. The van der Waals surface area contributed by atoms with E-state index in [1.165, 1.54) is 6.42 Å². The maximum atomic E-state index is 4.73. The molecule has 0 spiro atoms. The molecule has 2 N–H and O–H groups in total. The molecule has 0 aliphatic rings. The Morgan fingerprint density at radius 3 is 1.18 bits per heavy atom. The molecule has 0 saturated heterocycles. The van der Waals surface area contributed by atoms with Gasteiger partial charge in [0.1, 0.15) is 0 Å². The summed E-state index contributed by atoms with van der Waals surface area (Å²) in [5.74, 6) is 4.73. The Morgan fingerprint density at radius 1 is 0.941 bits per heavy atom. The highest BCUT2D eigenvalue weighted by Gasteiger charge is 2.03. The lowest BCUT2D eigenvalue weighted by atomic mass is 9.94. The molecule has 1 rings (SSSR count). The molecule has 0 aromatic heterocycles. The average molecular weight is 255 g/mol. The van der Waals surface area contributed by atoms with Gasteiger partial charge in [-0.3, -0.25) is 0 Å². The molecule has 0 bridgehead atoms. The summed E-state index contributed by atoms with van der Waals surface area (Å²) in [7, 11) is -0.872. The number of hydrogen-bond donors (Lipinski definition) is 1. The van der Waals surface area contributed by atoms with E-state index in [-0.39, 0.29) is 0 Å². The van der Waals surface area contributed by atoms with Crippen LogP contribution < -0.4 is 5.90 Å². The van der Waals surface area contributed by atoms with Crippen LogP contribution in [0.25, 0.3) is 0 Å². The van der Waals surface area contributed by atoms with Gasteiger partial charge in [0.15, 0.2) is 9.04 Å². The molecule has 0 saturated carbocycles. The van der Waals surface area contributed by atoms with Crippen LogP contribution >= 0.6 is 0 Å². The van der Waals surface area contributed by atoms with Gasteiger partial charge in [0.25, 0.3) is 0 Å². The van der Waals surface area contributed by atoms with E-state index >= 15 is 0 Å². The van der Waals surface area contributed by atoms with Crippen molar-refractivity contribution in [3.8, 4) is 0 Å². The third-order valence-electron chi connectivity index (χ3n) is 2.00. The van der Waals surface area contributed by atoms with Gasteiger partial charge in [-0.1, -0.05) is 70.5 Å². The van der Waals surface area contributed by atoms with Gasteiger partial charge in [-0.25, -0.2) is 5.90 Å². The van der Waals surface area contributed by atoms with Gasteiger partial charge >= 0.3 is 0 Å². The number of rotatable bonds is 1. The molecule has 0 unspecified atom stereocenters. The summed E-state index contributed by atoms with van der Waals surface area (Å²) in [5, 5.41) is 0. The second-order valence-electron chi connectivity index (χ2n) is 5.25. The van der Waals surface area contributed by atoms with E-state index in [0.29, 0.717) is 5.41 Å². The molecule has 0 fully saturated rings. The Hall–Kier alpha value is -0.643. The smallest absolute Gasteiger partial charge is 0.199 e. The molecule has 0 aliphatic heterocycles. The zero-order valence-corrected chi connectivity index (χ0v) is 13.4. The Morgan fingerprint density at radius 2 is 1.12 bits per heavy atom. The Balaban J connectivity index is 0. The van der Waals surface area contributed by atoms with Crippen LogP contribution in [0.1, 0.15) is 34.1 Å². The fourth-order valence-corrected chi connectivity index (χ4v) is 0.385. The van der Waals surface area contributed by atoms with Crippen LogP contribution in [0, 0.1) is 5.41 Å². The molecule has 1 aromatic rings. The van der Waals surface area contributed by atoms with Crippen LogP contribution in [0.4, 0.5) is 0 Å². The highest BCUT2D eigenvalue weighted by Crippen LogP contribution is 2.16. The first kappa shape index (κ1) is 18.7. The fraction of sp³-hybridized carbons (Fsp3) is 0.571. The van der Waals surface area contributed by atoms with Crippen LogP contribution in [0.3, 0.4) is 0 Å². The van der Waals surface area contributed by atoms with E-state index in [9.17, 15) is 0 Å². The van der Waals surface area contributed by atoms with Crippen LogP contribution in [0.5, 0.6) is 0 Å². The largest absolute Gasteiger partial charge is 0.352 e. The van der Waals surface area contributed by atoms with Crippen LogP contribution in [-0.2, 0) is 4.53 Å².